The number of thioether (sulfide) groups is 1. The van der Waals surface area contributed by atoms with Gasteiger partial charge in [-0.15, -0.1) is 11.8 Å². The number of methoxy groups -OCH3 is 4. The van der Waals surface area contributed by atoms with Crippen molar-refractivity contribution in [2.75, 3.05) is 34.2 Å². The number of allylic oxidation sites excluding steroid dienone is 2. The molecule has 0 saturated heterocycles. The van der Waals surface area contributed by atoms with Crippen LogP contribution in [-0.2, 0) is 11.2 Å². The highest BCUT2D eigenvalue weighted by atomic mass is 32.2. The Morgan fingerprint density at radius 3 is 1.85 bits per heavy atom. The summed E-state index contributed by atoms with van der Waals surface area (Å²) in [5.41, 5.74) is 0.862. The first-order valence-corrected chi connectivity index (χ1v) is 19.2. The number of unbranched alkanes of at least 4 members (excludes halogenated alkanes) is 9. The molecule has 6 rings (SSSR count). The van der Waals surface area contributed by atoms with Gasteiger partial charge in [0.15, 0.2) is 34.2 Å². The van der Waals surface area contributed by atoms with Crippen molar-refractivity contribution in [2.45, 2.75) is 96.3 Å². The van der Waals surface area contributed by atoms with Gasteiger partial charge in [-0.3, -0.25) is 14.4 Å². The molecule has 0 aromatic heterocycles. The number of fused-ring (bicyclic) bond motifs is 1. The topological polar surface area (TPSA) is 129 Å². The second-order valence-electron chi connectivity index (χ2n) is 13.8. The zero-order chi connectivity index (χ0) is 37.4. The lowest BCUT2D eigenvalue weighted by molar-refractivity contribution is -0.111. The van der Waals surface area contributed by atoms with Gasteiger partial charge in [0.25, 0.3) is 0 Å². The number of carbonyl (C=O) groups excluding carboxylic acids is 1. The molecular formula is C42H48O9S. The van der Waals surface area contributed by atoms with Gasteiger partial charge >= 0.3 is 0 Å². The molecular weight excluding hydrogens is 681 g/mol. The molecule has 0 fully saturated rings. The lowest BCUT2D eigenvalue weighted by Gasteiger charge is -2.25. The van der Waals surface area contributed by atoms with E-state index >= 15 is 0 Å². The lowest BCUT2D eigenvalue weighted by atomic mass is 9.82. The molecule has 1 aliphatic rings. The van der Waals surface area contributed by atoms with E-state index in [2.05, 4.69) is 6.92 Å². The van der Waals surface area contributed by atoms with Crippen molar-refractivity contribution < 1.29 is 34.0 Å². The van der Waals surface area contributed by atoms with Crippen LogP contribution in [0.4, 0.5) is 0 Å². The molecule has 0 unspecified atom stereocenters. The van der Waals surface area contributed by atoms with Crippen molar-refractivity contribution in [2.24, 2.45) is 0 Å². The Kier molecular flexibility index (Phi) is 11.0. The van der Waals surface area contributed by atoms with E-state index < -0.39 is 10.9 Å². The summed E-state index contributed by atoms with van der Waals surface area (Å²) in [6.07, 6.45) is 12.0. The van der Waals surface area contributed by atoms with Crippen LogP contribution in [0, 0.1) is 0 Å². The van der Waals surface area contributed by atoms with E-state index in [0.29, 0.717) is 65.2 Å². The molecule has 0 spiro atoms. The number of ketones is 1. The second-order valence-corrected chi connectivity index (χ2v) is 14.9. The van der Waals surface area contributed by atoms with Gasteiger partial charge in [0, 0.05) is 49.7 Å². The molecule has 5 aromatic rings. The quantitative estimate of drug-likeness (QED) is 0.0414. The normalized spacial score (nSPS) is 12.9. The number of hydrogen-bond donors (Lipinski definition) is 2. The monoisotopic (exact) mass is 728 g/mol. The number of Topliss-reactive ketones (excluding diaryl/α,β-unsaturated/α-hetero) is 1. The number of rotatable bonds is 17. The minimum absolute atomic E-state index is 0.0138. The summed E-state index contributed by atoms with van der Waals surface area (Å²) in [7, 11) is 5.75. The van der Waals surface area contributed by atoms with Crippen LogP contribution < -0.4 is 29.8 Å². The molecule has 1 aliphatic carbocycles. The number of hydrogen-bond acceptors (Lipinski definition) is 10. The highest BCUT2D eigenvalue weighted by molar-refractivity contribution is 7.99. The summed E-state index contributed by atoms with van der Waals surface area (Å²) < 4.78 is 23.6. The van der Waals surface area contributed by atoms with Gasteiger partial charge in [-0.2, -0.15) is 0 Å². The fourth-order valence-corrected chi connectivity index (χ4v) is 9.50. The van der Waals surface area contributed by atoms with Gasteiger partial charge < -0.3 is 29.2 Å². The fraction of sp³-hybridized carbons (Fsp3) is 0.452. The summed E-state index contributed by atoms with van der Waals surface area (Å²) in [6.45, 7) is 5.47. The van der Waals surface area contributed by atoms with Crippen molar-refractivity contribution in [1.29, 1.82) is 0 Å². The van der Waals surface area contributed by atoms with Gasteiger partial charge in [0.1, 0.15) is 11.5 Å². The number of phenols is 2. The standard InChI is InChI=1S/C42H48O9S/c1-8-9-10-11-12-13-14-15-16-17-18-52-42-38(47)35-32-31-27-23(19-21(2)26(22(3)43)33(31)40(50-6)37(35)46)39(49-5)36(45)28-24(44)20-25(48-4)29(30(27)28)34(32)41(42)51-7/h20,45-46H,8-19H2,1-7H3. The average Bonchev–Trinajstić information content (AvgIpc) is 3.25. The first-order chi connectivity index (χ1) is 25.1. The number of phenolic OH excluding ortho intramolecular Hbond substituents is 2. The van der Waals surface area contributed by atoms with E-state index in [-0.39, 0.29) is 57.5 Å². The first kappa shape index (κ1) is 37.3. The molecule has 0 saturated carbocycles. The zero-order valence-corrected chi connectivity index (χ0v) is 32.0. The summed E-state index contributed by atoms with van der Waals surface area (Å²) in [5, 5.41) is 26.4. The van der Waals surface area contributed by atoms with Crippen LogP contribution in [0.5, 0.6) is 34.5 Å². The molecule has 9 nitrogen and oxygen atoms in total. The molecule has 0 bridgehead atoms. The van der Waals surface area contributed by atoms with E-state index in [0.717, 1.165) is 19.3 Å². The van der Waals surface area contributed by atoms with E-state index in [4.69, 9.17) is 18.9 Å². The van der Waals surface area contributed by atoms with Crippen LogP contribution in [0.3, 0.4) is 0 Å². The summed E-state index contributed by atoms with van der Waals surface area (Å²) in [5.74, 6) is 0.222. The van der Waals surface area contributed by atoms with E-state index in [9.17, 15) is 24.6 Å². The van der Waals surface area contributed by atoms with Gasteiger partial charge in [-0.05, 0) is 37.8 Å². The molecule has 5 aromatic carbocycles. The van der Waals surface area contributed by atoms with Crippen molar-refractivity contribution in [3.8, 4) is 34.5 Å². The Morgan fingerprint density at radius 1 is 0.692 bits per heavy atom. The Labute approximate surface area is 307 Å². The van der Waals surface area contributed by atoms with Crippen LogP contribution >= 0.6 is 11.8 Å². The van der Waals surface area contributed by atoms with E-state index in [1.165, 1.54) is 98.1 Å². The smallest absolute Gasteiger partial charge is 0.207 e. The van der Waals surface area contributed by atoms with Crippen LogP contribution in [0.1, 0.15) is 96.1 Å². The maximum Gasteiger partial charge on any atom is 0.207 e. The SMILES string of the molecule is CCCCCCCCCCCCSc1c(OC)c2c3c(OC)cc(=O)c4c(O)c(OC)c5c(c6c(c(OC)c(O)c(c1=O)c26)C(C(C)=O)=C(C)C5)c43. The third-order valence-electron chi connectivity index (χ3n) is 10.6. The third-order valence-corrected chi connectivity index (χ3v) is 11.8. The van der Waals surface area contributed by atoms with Crippen molar-refractivity contribution in [3.63, 3.8) is 0 Å². The van der Waals surface area contributed by atoms with Crippen molar-refractivity contribution in [3.05, 3.63) is 43.2 Å². The molecule has 0 heterocycles. The Bertz CT molecular complexity index is 2340. The van der Waals surface area contributed by atoms with Gasteiger partial charge in [-0.25, -0.2) is 0 Å². The molecule has 0 radical (unpaired) electrons. The van der Waals surface area contributed by atoms with Crippen LogP contribution in [-0.4, -0.2) is 50.2 Å². The van der Waals surface area contributed by atoms with Crippen LogP contribution in [0.25, 0.3) is 48.7 Å². The maximum absolute atomic E-state index is 14.7. The lowest BCUT2D eigenvalue weighted by Crippen LogP contribution is -2.12. The van der Waals surface area contributed by atoms with Crippen molar-refractivity contribution in [1.82, 2.24) is 0 Å². The maximum atomic E-state index is 14.7. The highest BCUT2D eigenvalue weighted by Gasteiger charge is 2.37. The third kappa shape index (κ3) is 5.83. The number of benzene rings is 5. The summed E-state index contributed by atoms with van der Waals surface area (Å²) >= 11 is 1.38. The Balaban J connectivity index is 1.66. The number of ether oxygens (including phenoxy) is 4. The number of carbonyl (C=O) groups is 1. The molecule has 0 aliphatic heterocycles. The largest absolute Gasteiger partial charge is 0.504 e. The zero-order valence-electron chi connectivity index (χ0n) is 31.2. The second kappa shape index (κ2) is 15.3. The predicted octanol–water partition coefficient (Wildman–Crippen LogP) is 9.27. The van der Waals surface area contributed by atoms with Crippen LogP contribution in [0.2, 0.25) is 0 Å². The average molecular weight is 729 g/mol. The van der Waals surface area contributed by atoms with E-state index in [1.807, 2.05) is 0 Å². The van der Waals surface area contributed by atoms with Gasteiger partial charge in [0.2, 0.25) is 5.43 Å². The summed E-state index contributed by atoms with van der Waals surface area (Å²) in [4.78, 5) is 42.4. The minimum atomic E-state index is -0.489. The molecule has 0 atom stereocenters. The van der Waals surface area contributed by atoms with Gasteiger partial charge in [-0.1, -0.05) is 70.3 Å². The molecule has 10 heteroatoms. The van der Waals surface area contributed by atoms with E-state index in [1.54, 1.807) is 6.92 Å². The Morgan fingerprint density at radius 2 is 1.27 bits per heavy atom. The fourth-order valence-electron chi connectivity index (χ4n) is 8.40. The summed E-state index contributed by atoms with van der Waals surface area (Å²) in [6, 6.07) is 1.31. The highest BCUT2D eigenvalue weighted by Crippen LogP contribution is 2.59. The first-order valence-electron chi connectivity index (χ1n) is 18.2. The Hall–Kier alpha value is -4.44. The molecule has 0 amide bonds. The predicted molar refractivity (Wildman–Crippen MR) is 210 cm³/mol. The molecule has 52 heavy (non-hydrogen) atoms. The van der Waals surface area contributed by atoms with Gasteiger partial charge in [0.05, 0.1) is 44.1 Å². The van der Waals surface area contributed by atoms with Crippen molar-refractivity contribution >= 4 is 66.2 Å². The molecule has 276 valence electrons. The molecule has 2 N–H and O–H groups in total. The van der Waals surface area contributed by atoms with Crippen LogP contribution in [0.15, 0.2) is 26.1 Å². The number of aromatic hydroxyl groups is 2. The minimum Gasteiger partial charge on any atom is -0.504 e.